The highest BCUT2D eigenvalue weighted by atomic mass is 16.2. The highest BCUT2D eigenvalue weighted by Gasteiger charge is 2.31. The second-order valence-electron chi connectivity index (χ2n) is 8.42. The van der Waals surface area contributed by atoms with Crippen LogP contribution in [0, 0.1) is 5.92 Å². The molecule has 1 saturated heterocycles. The Morgan fingerprint density at radius 3 is 2.55 bits per heavy atom. The van der Waals surface area contributed by atoms with Gasteiger partial charge in [-0.1, -0.05) is 66.7 Å². The Morgan fingerprint density at radius 2 is 1.79 bits per heavy atom. The van der Waals surface area contributed by atoms with Crippen LogP contribution < -0.4 is 0 Å². The lowest BCUT2D eigenvalue weighted by molar-refractivity contribution is -0.134. The van der Waals surface area contributed by atoms with Crippen molar-refractivity contribution in [1.29, 1.82) is 0 Å². The fourth-order valence-corrected chi connectivity index (χ4v) is 4.34. The quantitative estimate of drug-likeness (QED) is 0.523. The molecular weight excluding hydrogens is 410 g/mol. The summed E-state index contributed by atoms with van der Waals surface area (Å²) in [5.41, 5.74) is 4.17. The number of carbonyl (C=O) groups is 2. The summed E-state index contributed by atoms with van der Waals surface area (Å²) in [5.74, 6) is -0.156. The number of aromatic nitrogens is 1. The number of rotatable bonds is 7. The fraction of sp³-hybridized carbons (Fsp3) is 0.250. The van der Waals surface area contributed by atoms with Gasteiger partial charge in [0.2, 0.25) is 11.8 Å². The Balaban J connectivity index is 1.54. The SMILES string of the molecule is C=CCN1CCN(C(=O)Cc2ccccc2)CC(Cc2cccc(-c3cccnc3)c2)C1=O. The average Bonchev–Trinajstić information content (AvgIpc) is 3.00. The van der Waals surface area contributed by atoms with E-state index in [0.29, 0.717) is 39.0 Å². The Morgan fingerprint density at radius 1 is 1.00 bits per heavy atom. The van der Waals surface area contributed by atoms with Gasteiger partial charge < -0.3 is 9.80 Å². The zero-order chi connectivity index (χ0) is 23.0. The third-order valence-corrected chi connectivity index (χ3v) is 6.05. The molecule has 1 atom stereocenters. The first-order chi connectivity index (χ1) is 16.1. The Labute approximate surface area is 195 Å². The van der Waals surface area contributed by atoms with Gasteiger partial charge in [-0.05, 0) is 34.7 Å². The minimum Gasteiger partial charge on any atom is -0.340 e. The van der Waals surface area contributed by atoms with Gasteiger partial charge in [0.05, 0.1) is 12.3 Å². The predicted octanol–water partition coefficient (Wildman–Crippen LogP) is 4.01. The maximum atomic E-state index is 13.4. The number of hydrogen-bond acceptors (Lipinski definition) is 3. The second-order valence-corrected chi connectivity index (χ2v) is 8.42. The van der Waals surface area contributed by atoms with E-state index in [-0.39, 0.29) is 17.7 Å². The lowest BCUT2D eigenvalue weighted by atomic mass is 9.95. The number of carbonyl (C=O) groups excluding carboxylic acids is 2. The summed E-state index contributed by atoms with van der Waals surface area (Å²) in [6.45, 7) is 5.79. The van der Waals surface area contributed by atoms with Crippen molar-refractivity contribution in [1.82, 2.24) is 14.8 Å². The van der Waals surface area contributed by atoms with Crippen LogP contribution in [0.1, 0.15) is 11.1 Å². The molecule has 168 valence electrons. The summed E-state index contributed by atoms with van der Waals surface area (Å²) in [6.07, 6.45) is 6.27. The summed E-state index contributed by atoms with van der Waals surface area (Å²) in [7, 11) is 0. The smallest absolute Gasteiger partial charge is 0.228 e. The molecule has 1 aliphatic heterocycles. The van der Waals surface area contributed by atoms with Crippen molar-refractivity contribution in [3.05, 3.63) is 103 Å². The summed E-state index contributed by atoms with van der Waals surface area (Å²) >= 11 is 0. The molecule has 2 heterocycles. The van der Waals surface area contributed by atoms with E-state index in [1.807, 2.05) is 70.6 Å². The van der Waals surface area contributed by atoms with Crippen LogP contribution in [0.4, 0.5) is 0 Å². The van der Waals surface area contributed by atoms with Crippen LogP contribution in [0.2, 0.25) is 0 Å². The van der Waals surface area contributed by atoms with Crippen molar-refractivity contribution in [3.8, 4) is 11.1 Å². The first-order valence-corrected chi connectivity index (χ1v) is 11.3. The summed E-state index contributed by atoms with van der Waals surface area (Å²) in [5, 5.41) is 0. The molecule has 1 aromatic heterocycles. The average molecular weight is 440 g/mol. The zero-order valence-corrected chi connectivity index (χ0v) is 18.8. The van der Waals surface area contributed by atoms with E-state index in [9.17, 15) is 9.59 Å². The molecule has 0 saturated carbocycles. The summed E-state index contributed by atoms with van der Waals surface area (Å²) in [6, 6.07) is 21.9. The number of nitrogens with zero attached hydrogens (tertiary/aromatic N) is 3. The summed E-state index contributed by atoms with van der Waals surface area (Å²) < 4.78 is 0. The summed E-state index contributed by atoms with van der Waals surface area (Å²) in [4.78, 5) is 34.3. The minimum absolute atomic E-state index is 0.0589. The molecular formula is C28H29N3O2. The first-order valence-electron chi connectivity index (χ1n) is 11.3. The van der Waals surface area contributed by atoms with Crippen LogP contribution in [0.15, 0.2) is 91.8 Å². The molecule has 5 heteroatoms. The van der Waals surface area contributed by atoms with Gasteiger partial charge in [0.15, 0.2) is 0 Å². The normalized spacial score (nSPS) is 16.4. The number of benzene rings is 2. The predicted molar refractivity (Wildman–Crippen MR) is 130 cm³/mol. The van der Waals surface area contributed by atoms with E-state index in [0.717, 1.165) is 22.3 Å². The van der Waals surface area contributed by atoms with Crippen LogP contribution in [-0.4, -0.2) is 52.8 Å². The van der Waals surface area contributed by atoms with Crippen molar-refractivity contribution >= 4 is 11.8 Å². The van der Waals surface area contributed by atoms with Gasteiger partial charge >= 0.3 is 0 Å². The van der Waals surface area contributed by atoms with Crippen LogP contribution in [0.5, 0.6) is 0 Å². The molecule has 3 aromatic rings. The molecule has 0 N–H and O–H groups in total. The van der Waals surface area contributed by atoms with Gasteiger partial charge in [0.1, 0.15) is 0 Å². The molecule has 0 radical (unpaired) electrons. The van der Waals surface area contributed by atoms with E-state index in [4.69, 9.17) is 0 Å². The first kappa shape index (κ1) is 22.5. The van der Waals surface area contributed by atoms with Gasteiger partial charge in [-0.25, -0.2) is 0 Å². The van der Waals surface area contributed by atoms with E-state index >= 15 is 0 Å². The molecule has 1 unspecified atom stereocenters. The topological polar surface area (TPSA) is 53.5 Å². The molecule has 1 aliphatic rings. The molecule has 4 rings (SSSR count). The standard InChI is InChI=1S/C28H29N3O2/c1-2-14-30-15-16-31(27(32)19-22-8-4-3-5-9-22)21-26(28(30)33)18-23-10-6-11-24(17-23)25-12-7-13-29-20-25/h2-13,17,20,26H,1,14-16,18-19,21H2. The van der Waals surface area contributed by atoms with Crippen LogP contribution in [0.25, 0.3) is 11.1 Å². The van der Waals surface area contributed by atoms with Gasteiger partial charge in [0, 0.05) is 38.6 Å². The molecule has 0 aliphatic carbocycles. The fourth-order valence-electron chi connectivity index (χ4n) is 4.34. The number of hydrogen-bond donors (Lipinski definition) is 0. The van der Waals surface area contributed by atoms with E-state index in [1.165, 1.54) is 0 Å². The molecule has 1 fully saturated rings. The number of amides is 2. The van der Waals surface area contributed by atoms with Gasteiger partial charge in [-0.2, -0.15) is 0 Å². The van der Waals surface area contributed by atoms with E-state index in [1.54, 1.807) is 12.3 Å². The lowest BCUT2D eigenvalue weighted by Crippen LogP contribution is -2.38. The van der Waals surface area contributed by atoms with Gasteiger partial charge in [0.25, 0.3) is 0 Å². The maximum Gasteiger partial charge on any atom is 0.228 e. The Kier molecular flexibility index (Phi) is 7.30. The van der Waals surface area contributed by atoms with Crippen LogP contribution >= 0.6 is 0 Å². The van der Waals surface area contributed by atoms with Crippen molar-refractivity contribution in [2.75, 3.05) is 26.2 Å². The van der Waals surface area contributed by atoms with Crippen molar-refractivity contribution in [3.63, 3.8) is 0 Å². The molecule has 5 nitrogen and oxygen atoms in total. The Hall–Kier alpha value is -3.73. The van der Waals surface area contributed by atoms with Crippen LogP contribution in [0.3, 0.4) is 0 Å². The van der Waals surface area contributed by atoms with Crippen molar-refractivity contribution in [2.24, 2.45) is 5.92 Å². The molecule has 33 heavy (non-hydrogen) atoms. The highest BCUT2D eigenvalue weighted by molar-refractivity contribution is 5.83. The molecule has 2 aromatic carbocycles. The zero-order valence-electron chi connectivity index (χ0n) is 18.8. The molecule has 0 bridgehead atoms. The van der Waals surface area contributed by atoms with E-state index in [2.05, 4.69) is 23.7 Å². The maximum absolute atomic E-state index is 13.4. The third-order valence-electron chi connectivity index (χ3n) is 6.05. The van der Waals surface area contributed by atoms with Crippen molar-refractivity contribution in [2.45, 2.75) is 12.8 Å². The molecule has 0 spiro atoms. The second kappa shape index (κ2) is 10.7. The monoisotopic (exact) mass is 439 g/mol. The third kappa shape index (κ3) is 5.75. The van der Waals surface area contributed by atoms with Gasteiger partial charge in [-0.15, -0.1) is 6.58 Å². The van der Waals surface area contributed by atoms with Crippen molar-refractivity contribution < 1.29 is 9.59 Å². The Bertz CT molecular complexity index is 1100. The van der Waals surface area contributed by atoms with Gasteiger partial charge in [-0.3, -0.25) is 14.6 Å². The van der Waals surface area contributed by atoms with Crippen LogP contribution in [-0.2, 0) is 22.4 Å². The molecule has 2 amide bonds. The highest BCUT2D eigenvalue weighted by Crippen LogP contribution is 2.23. The lowest BCUT2D eigenvalue weighted by Gasteiger charge is -2.24. The van der Waals surface area contributed by atoms with E-state index < -0.39 is 0 Å². The number of pyridine rings is 1. The largest absolute Gasteiger partial charge is 0.340 e. The minimum atomic E-state index is -0.295.